The Hall–Kier alpha value is -2.38. The first-order chi connectivity index (χ1) is 11.0. The fraction of sp³-hybridized carbons (Fsp3) is 0.250. The SMILES string of the molecule is C[C@H](O)CO/N=C(\c1ccc(F)c(F)c1)c1ccc(CO)cn1. The Kier molecular flexibility index (Phi) is 5.72. The van der Waals surface area contributed by atoms with E-state index in [0.717, 1.165) is 12.1 Å². The highest BCUT2D eigenvalue weighted by Crippen LogP contribution is 2.14. The van der Waals surface area contributed by atoms with Crippen LogP contribution in [-0.4, -0.2) is 33.6 Å². The van der Waals surface area contributed by atoms with Crippen molar-refractivity contribution in [2.75, 3.05) is 6.61 Å². The van der Waals surface area contributed by atoms with E-state index in [1.165, 1.54) is 19.2 Å². The summed E-state index contributed by atoms with van der Waals surface area (Å²) >= 11 is 0. The largest absolute Gasteiger partial charge is 0.392 e. The highest BCUT2D eigenvalue weighted by Gasteiger charge is 2.13. The number of oxime groups is 1. The van der Waals surface area contributed by atoms with Crippen molar-refractivity contribution in [3.63, 3.8) is 0 Å². The predicted molar refractivity (Wildman–Crippen MR) is 79.8 cm³/mol. The first-order valence-electron chi connectivity index (χ1n) is 6.91. The number of aromatic nitrogens is 1. The molecule has 1 aromatic carbocycles. The number of rotatable bonds is 6. The first kappa shape index (κ1) is 17.0. The highest BCUT2D eigenvalue weighted by atomic mass is 19.2. The summed E-state index contributed by atoms with van der Waals surface area (Å²) in [4.78, 5) is 9.15. The summed E-state index contributed by atoms with van der Waals surface area (Å²) in [6, 6.07) is 6.53. The van der Waals surface area contributed by atoms with E-state index in [2.05, 4.69) is 10.1 Å². The van der Waals surface area contributed by atoms with Crippen LogP contribution in [0.25, 0.3) is 0 Å². The monoisotopic (exact) mass is 322 g/mol. The Bertz CT molecular complexity index is 688. The second-order valence-corrected chi connectivity index (χ2v) is 4.92. The standard InChI is InChI=1S/C16H16F2N2O3/c1-10(22)9-23-20-16(12-3-4-13(17)14(18)6-12)15-5-2-11(8-21)7-19-15/h2-7,10,21-22H,8-9H2,1H3/b20-16+/t10-/m0/s1. The zero-order valence-electron chi connectivity index (χ0n) is 12.4. The molecule has 0 unspecified atom stereocenters. The molecule has 0 aliphatic heterocycles. The molecule has 0 radical (unpaired) electrons. The Morgan fingerprint density at radius 1 is 1.26 bits per heavy atom. The molecule has 0 aliphatic carbocycles. The van der Waals surface area contributed by atoms with Gasteiger partial charge in [-0.1, -0.05) is 11.2 Å². The molecule has 2 rings (SSSR count). The molecule has 1 heterocycles. The van der Waals surface area contributed by atoms with Gasteiger partial charge in [0.15, 0.2) is 11.6 Å². The van der Waals surface area contributed by atoms with Crippen LogP contribution < -0.4 is 0 Å². The van der Waals surface area contributed by atoms with Crippen molar-refractivity contribution >= 4 is 5.71 Å². The van der Waals surface area contributed by atoms with Crippen LogP contribution in [0.3, 0.4) is 0 Å². The quantitative estimate of drug-likeness (QED) is 0.630. The zero-order chi connectivity index (χ0) is 16.8. The Balaban J connectivity index is 2.39. The first-order valence-corrected chi connectivity index (χ1v) is 6.91. The van der Waals surface area contributed by atoms with Crippen LogP contribution in [0, 0.1) is 11.6 Å². The van der Waals surface area contributed by atoms with E-state index in [0.29, 0.717) is 11.3 Å². The lowest BCUT2D eigenvalue weighted by atomic mass is 10.1. The summed E-state index contributed by atoms with van der Waals surface area (Å²) in [6.45, 7) is 1.31. The van der Waals surface area contributed by atoms with E-state index in [-0.39, 0.29) is 24.5 Å². The van der Waals surface area contributed by atoms with Crippen molar-refractivity contribution in [3.05, 3.63) is 65.0 Å². The molecular formula is C16H16F2N2O3. The van der Waals surface area contributed by atoms with Gasteiger partial charge in [0.25, 0.3) is 0 Å². The van der Waals surface area contributed by atoms with Gasteiger partial charge in [-0.3, -0.25) is 4.98 Å². The smallest absolute Gasteiger partial charge is 0.159 e. The van der Waals surface area contributed by atoms with Crippen molar-refractivity contribution in [2.45, 2.75) is 19.6 Å². The van der Waals surface area contributed by atoms with Crippen LogP contribution in [0.4, 0.5) is 8.78 Å². The molecule has 7 heteroatoms. The lowest BCUT2D eigenvalue weighted by Crippen LogP contribution is -2.12. The van der Waals surface area contributed by atoms with Gasteiger partial charge in [0.1, 0.15) is 12.3 Å². The second-order valence-electron chi connectivity index (χ2n) is 4.92. The molecule has 0 bridgehead atoms. The van der Waals surface area contributed by atoms with E-state index in [9.17, 15) is 13.9 Å². The summed E-state index contributed by atoms with van der Waals surface area (Å²) in [5.41, 5.74) is 1.43. The van der Waals surface area contributed by atoms with Crippen molar-refractivity contribution < 1.29 is 23.8 Å². The van der Waals surface area contributed by atoms with Gasteiger partial charge in [-0.15, -0.1) is 0 Å². The summed E-state index contributed by atoms with van der Waals surface area (Å²) in [6.07, 6.45) is 0.717. The van der Waals surface area contributed by atoms with E-state index in [4.69, 9.17) is 9.94 Å². The Morgan fingerprint density at radius 3 is 2.61 bits per heavy atom. The molecule has 0 fully saturated rings. The van der Waals surface area contributed by atoms with Gasteiger partial charge in [-0.25, -0.2) is 8.78 Å². The van der Waals surface area contributed by atoms with Crippen LogP contribution in [-0.2, 0) is 11.4 Å². The average Bonchev–Trinajstić information content (AvgIpc) is 2.54. The molecule has 0 saturated heterocycles. The highest BCUT2D eigenvalue weighted by molar-refractivity contribution is 6.11. The minimum atomic E-state index is -1.02. The number of hydrogen-bond acceptors (Lipinski definition) is 5. The zero-order valence-corrected chi connectivity index (χ0v) is 12.4. The topological polar surface area (TPSA) is 74.9 Å². The maximum Gasteiger partial charge on any atom is 0.159 e. The van der Waals surface area contributed by atoms with Gasteiger partial charge < -0.3 is 15.1 Å². The maximum absolute atomic E-state index is 13.5. The van der Waals surface area contributed by atoms with E-state index >= 15 is 0 Å². The van der Waals surface area contributed by atoms with E-state index < -0.39 is 17.7 Å². The number of aliphatic hydroxyl groups excluding tert-OH is 2. The maximum atomic E-state index is 13.5. The van der Waals surface area contributed by atoms with Gasteiger partial charge in [0.05, 0.1) is 18.4 Å². The number of aliphatic hydroxyl groups is 2. The van der Waals surface area contributed by atoms with Gasteiger partial charge in [-0.05, 0) is 36.8 Å². The lowest BCUT2D eigenvalue weighted by Gasteiger charge is -2.09. The average molecular weight is 322 g/mol. The van der Waals surface area contributed by atoms with Crippen molar-refractivity contribution in [2.24, 2.45) is 5.16 Å². The number of hydrogen-bond donors (Lipinski definition) is 2. The second kappa shape index (κ2) is 7.75. The van der Waals surface area contributed by atoms with Gasteiger partial charge in [0, 0.05) is 11.8 Å². The Labute approximate surface area is 131 Å². The van der Waals surface area contributed by atoms with Crippen LogP contribution in [0.1, 0.15) is 23.7 Å². The van der Waals surface area contributed by atoms with Crippen molar-refractivity contribution in [3.8, 4) is 0 Å². The normalized spacial score (nSPS) is 13.0. The number of nitrogens with zero attached hydrogens (tertiary/aromatic N) is 2. The van der Waals surface area contributed by atoms with Crippen molar-refractivity contribution in [1.29, 1.82) is 0 Å². The lowest BCUT2D eigenvalue weighted by molar-refractivity contribution is 0.0502. The Morgan fingerprint density at radius 2 is 2.04 bits per heavy atom. The molecule has 1 atom stereocenters. The molecule has 2 aromatic rings. The molecule has 2 N–H and O–H groups in total. The number of halogens is 2. The van der Waals surface area contributed by atoms with Gasteiger partial charge in [0.2, 0.25) is 0 Å². The third-order valence-electron chi connectivity index (χ3n) is 2.91. The summed E-state index contributed by atoms with van der Waals surface area (Å²) < 4.78 is 26.6. The molecule has 23 heavy (non-hydrogen) atoms. The predicted octanol–water partition coefficient (Wildman–Crippen LogP) is 2.00. The van der Waals surface area contributed by atoms with Crippen LogP contribution in [0.15, 0.2) is 41.7 Å². The molecule has 0 amide bonds. The van der Waals surface area contributed by atoms with Crippen LogP contribution in [0.5, 0.6) is 0 Å². The molecule has 5 nitrogen and oxygen atoms in total. The van der Waals surface area contributed by atoms with Gasteiger partial charge >= 0.3 is 0 Å². The minimum absolute atomic E-state index is 0.0537. The molecule has 122 valence electrons. The summed E-state index contributed by atoms with van der Waals surface area (Å²) in [7, 11) is 0. The minimum Gasteiger partial charge on any atom is -0.392 e. The van der Waals surface area contributed by atoms with E-state index in [1.807, 2.05) is 0 Å². The van der Waals surface area contributed by atoms with E-state index in [1.54, 1.807) is 12.1 Å². The summed E-state index contributed by atoms with van der Waals surface area (Å²) in [5.74, 6) is -1.99. The number of benzene rings is 1. The third-order valence-corrected chi connectivity index (χ3v) is 2.91. The fourth-order valence-corrected chi connectivity index (χ4v) is 1.76. The van der Waals surface area contributed by atoms with Crippen LogP contribution in [0.2, 0.25) is 0 Å². The molecule has 0 saturated carbocycles. The molecular weight excluding hydrogens is 306 g/mol. The van der Waals surface area contributed by atoms with Crippen molar-refractivity contribution in [1.82, 2.24) is 4.98 Å². The fourth-order valence-electron chi connectivity index (χ4n) is 1.76. The molecule has 0 aliphatic rings. The third kappa shape index (κ3) is 4.54. The number of pyridine rings is 1. The molecule has 1 aromatic heterocycles. The summed E-state index contributed by atoms with van der Waals surface area (Å²) in [5, 5.41) is 22.1. The van der Waals surface area contributed by atoms with Gasteiger partial charge in [-0.2, -0.15) is 0 Å². The van der Waals surface area contributed by atoms with Crippen LogP contribution >= 0.6 is 0 Å². The molecule has 0 spiro atoms.